The van der Waals surface area contributed by atoms with Gasteiger partial charge in [0.2, 0.25) is 0 Å². The van der Waals surface area contributed by atoms with Crippen LogP contribution in [0.15, 0.2) is 5.03 Å². The van der Waals surface area contributed by atoms with Crippen molar-refractivity contribution in [2.24, 2.45) is 0 Å². The maximum Gasteiger partial charge on any atom is 0.260 e. The largest absolute Gasteiger partial charge is 0.392 e. The van der Waals surface area contributed by atoms with Crippen LogP contribution >= 0.6 is 0 Å². The normalized spacial score (nSPS) is 11.9. The first kappa shape index (κ1) is 13.1. The summed E-state index contributed by atoms with van der Waals surface area (Å²) in [7, 11) is -2.21. The summed E-state index contributed by atoms with van der Waals surface area (Å²) in [4.78, 5) is 0. The number of nitrogens with zero attached hydrogens (tertiary/aromatic N) is 1. The standard InChI is InChI=1S/C8H15N3O4S/c1-6-7(5-12)8(11-10-6)16(13,14)9-3-4-15-2/h9,12H,3-5H2,1-2H3,(H,10,11). The van der Waals surface area contributed by atoms with Gasteiger partial charge in [-0.05, 0) is 6.92 Å². The predicted octanol–water partition coefficient (Wildman–Crippen LogP) is -0.865. The number of aromatic nitrogens is 2. The van der Waals surface area contributed by atoms with Crippen LogP contribution in [0.4, 0.5) is 0 Å². The number of aryl methyl sites for hydroxylation is 1. The van der Waals surface area contributed by atoms with E-state index < -0.39 is 10.0 Å². The second-order valence-corrected chi connectivity index (χ2v) is 4.86. The van der Waals surface area contributed by atoms with Crippen LogP contribution < -0.4 is 4.72 Å². The van der Waals surface area contributed by atoms with Crippen LogP contribution in [0, 0.1) is 6.92 Å². The smallest absolute Gasteiger partial charge is 0.260 e. The fourth-order valence-corrected chi connectivity index (χ4v) is 2.38. The number of hydrogen-bond donors (Lipinski definition) is 3. The van der Waals surface area contributed by atoms with Gasteiger partial charge in [-0.3, -0.25) is 5.10 Å². The molecule has 0 spiro atoms. The lowest BCUT2D eigenvalue weighted by Gasteiger charge is -2.04. The van der Waals surface area contributed by atoms with Gasteiger partial charge in [-0.15, -0.1) is 0 Å². The summed E-state index contributed by atoms with van der Waals surface area (Å²) in [6.07, 6.45) is 0. The summed E-state index contributed by atoms with van der Waals surface area (Å²) in [6, 6.07) is 0. The number of aliphatic hydroxyl groups is 1. The third-order valence-corrected chi connectivity index (χ3v) is 3.48. The van der Waals surface area contributed by atoms with Gasteiger partial charge >= 0.3 is 0 Å². The van der Waals surface area contributed by atoms with Crippen LogP contribution in [0.25, 0.3) is 0 Å². The number of sulfonamides is 1. The molecule has 0 fully saturated rings. The molecule has 0 unspecified atom stereocenters. The number of aromatic amines is 1. The van der Waals surface area contributed by atoms with Crippen molar-refractivity contribution in [3.63, 3.8) is 0 Å². The van der Waals surface area contributed by atoms with Crippen molar-refractivity contribution in [3.8, 4) is 0 Å². The number of ether oxygens (including phenoxy) is 1. The van der Waals surface area contributed by atoms with Crippen LogP contribution in [0.2, 0.25) is 0 Å². The van der Waals surface area contributed by atoms with Gasteiger partial charge < -0.3 is 9.84 Å². The van der Waals surface area contributed by atoms with Crippen LogP contribution in [0.3, 0.4) is 0 Å². The zero-order valence-corrected chi connectivity index (χ0v) is 9.97. The molecule has 16 heavy (non-hydrogen) atoms. The highest BCUT2D eigenvalue weighted by atomic mass is 32.2. The van der Waals surface area contributed by atoms with Crippen molar-refractivity contribution >= 4 is 10.0 Å². The highest BCUT2D eigenvalue weighted by Crippen LogP contribution is 2.15. The zero-order valence-electron chi connectivity index (χ0n) is 9.15. The summed E-state index contributed by atoms with van der Waals surface area (Å²) in [6.45, 7) is 1.71. The number of nitrogens with one attached hydrogen (secondary N) is 2. The van der Waals surface area contributed by atoms with E-state index in [4.69, 9.17) is 9.84 Å². The monoisotopic (exact) mass is 249 g/mol. The van der Waals surface area contributed by atoms with E-state index in [9.17, 15) is 8.42 Å². The molecule has 92 valence electrons. The van der Waals surface area contributed by atoms with Crippen molar-refractivity contribution in [2.75, 3.05) is 20.3 Å². The minimum absolute atomic E-state index is 0.162. The van der Waals surface area contributed by atoms with Crippen molar-refractivity contribution in [3.05, 3.63) is 11.3 Å². The Balaban J connectivity index is 2.89. The average Bonchev–Trinajstić information content (AvgIpc) is 2.60. The zero-order chi connectivity index (χ0) is 12.2. The van der Waals surface area contributed by atoms with E-state index in [0.29, 0.717) is 5.69 Å². The number of rotatable bonds is 6. The van der Waals surface area contributed by atoms with Crippen molar-refractivity contribution in [1.29, 1.82) is 0 Å². The third-order valence-electron chi connectivity index (χ3n) is 2.05. The molecule has 0 aliphatic carbocycles. The molecule has 1 aromatic rings. The molecule has 1 aromatic heterocycles. The summed E-state index contributed by atoms with van der Waals surface area (Å²) >= 11 is 0. The number of methoxy groups -OCH3 is 1. The van der Waals surface area contributed by atoms with Gasteiger partial charge in [-0.2, -0.15) is 5.10 Å². The van der Waals surface area contributed by atoms with Gasteiger partial charge in [0.25, 0.3) is 10.0 Å². The molecule has 0 atom stereocenters. The fourth-order valence-electron chi connectivity index (χ4n) is 1.18. The Morgan fingerprint density at radius 1 is 1.56 bits per heavy atom. The van der Waals surface area contributed by atoms with Crippen LogP contribution in [0.1, 0.15) is 11.3 Å². The SMILES string of the molecule is COCCNS(=O)(=O)c1n[nH]c(C)c1CO. The maximum absolute atomic E-state index is 11.7. The Kier molecular flexibility index (Phi) is 4.42. The van der Waals surface area contributed by atoms with Gasteiger partial charge in [0.1, 0.15) is 0 Å². The topological polar surface area (TPSA) is 104 Å². The number of H-pyrrole nitrogens is 1. The van der Waals surface area contributed by atoms with Gasteiger partial charge in [0.15, 0.2) is 5.03 Å². The molecule has 0 aromatic carbocycles. The van der Waals surface area contributed by atoms with E-state index in [2.05, 4.69) is 14.9 Å². The molecule has 1 rings (SSSR count). The van der Waals surface area contributed by atoms with E-state index >= 15 is 0 Å². The molecule has 0 saturated carbocycles. The average molecular weight is 249 g/mol. The molecule has 1 heterocycles. The van der Waals surface area contributed by atoms with Crippen LogP contribution in [-0.4, -0.2) is 44.0 Å². The Labute approximate surface area is 93.9 Å². The first-order valence-corrected chi connectivity index (χ1v) is 6.14. The first-order valence-electron chi connectivity index (χ1n) is 4.66. The molecule has 0 amide bonds. The lowest BCUT2D eigenvalue weighted by atomic mass is 10.3. The van der Waals surface area contributed by atoms with E-state index in [1.807, 2.05) is 0 Å². The summed E-state index contributed by atoms with van der Waals surface area (Å²) in [5.41, 5.74) is 0.819. The summed E-state index contributed by atoms with van der Waals surface area (Å²) in [5.74, 6) is 0. The van der Waals surface area contributed by atoms with Crippen molar-refractivity contribution in [2.45, 2.75) is 18.6 Å². The molecule has 0 saturated heterocycles. The molecular formula is C8H15N3O4S. The minimum atomic E-state index is -3.69. The highest BCUT2D eigenvalue weighted by molar-refractivity contribution is 7.89. The fraction of sp³-hybridized carbons (Fsp3) is 0.625. The van der Waals surface area contributed by atoms with Crippen molar-refractivity contribution < 1.29 is 18.3 Å². The van der Waals surface area contributed by atoms with Gasteiger partial charge in [-0.25, -0.2) is 13.1 Å². The Bertz CT molecular complexity index is 440. The van der Waals surface area contributed by atoms with Gasteiger partial charge in [-0.1, -0.05) is 0 Å². The van der Waals surface area contributed by atoms with Crippen LogP contribution in [-0.2, 0) is 21.4 Å². The lowest BCUT2D eigenvalue weighted by Crippen LogP contribution is -2.28. The molecule has 7 nitrogen and oxygen atoms in total. The minimum Gasteiger partial charge on any atom is -0.392 e. The molecule has 0 radical (unpaired) electrons. The second-order valence-electron chi connectivity index (χ2n) is 3.18. The van der Waals surface area contributed by atoms with Gasteiger partial charge in [0.05, 0.1) is 13.2 Å². The van der Waals surface area contributed by atoms with E-state index in [0.717, 1.165) is 0 Å². The van der Waals surface area contributed by atoms with Crippen LogP contribution in [0.5, 0.6) is 0 Å². The quantitative estimate of drug-likeness (QED) is 0.569. The molecule has 0 aliphatic rings. The second kappa shape index (κ2) is 5.39. The third kappa shape index (κ3) is 2.79. The first-order chi connectivity index (χ1) is 7.53. The van der Waals surface area contributed by atoms with Crippen molar-refractivity contribution in [1.82, 2.24) is 14.9 Å². The van der Waals surface area contributed by atoms with E-state index in [1.54, 1.807) is 6.92 Å². The predicted molar refractivity (Wildman–Crippen MR) is 56.3 cm³/mol. The molecule has 8 heteroatoms. The Hall–Kier alpha value is -0.960. The highest BCUT2D eigenvalue weighted by Gasteiger charge is 2.22. The lowest BCUT2D eigenvalue weighted by molar-refractivity contribution is 0.204. The molecular weight excluding hydrogens is 234 g/mol. The number of aliphatic hydroxyl groups excluding tert-OH is 1. The van der Waals surface area contributed by atoms with E-state index in [-0.39, 0.29) is 30.3 Å². The Morgan fingerprint density at radius 3 is 2.81 bits per heavy atom. The Morgan fingerprint density at radius 2 is 2.25 bits per heavy atom. The molecule has 0 bridgehead atoms. The summed E-state index contributed by atoms with van der Waals surface area (Å²) < 4.78 is 30.5. The van der Waals surface area contributed by atoms with Gasteiger partial charge in [0, 0.05) is 24.9 Å². The van der Waals surface area contributed by atoms with E-state index in [1.165, 1.54) is 7.11 Å². The summed E-state index contributed by atoms with van der Waals surface area (Å²) in [5, 5.41) is 15.1. The number of hydrogen-bond acceptors (Lipinski definition) is 5. The molecule has 0 aliphatic heterocycles. The molecule has 3 N–H and O–H groups in total. The maximum atomic E-state index is 11.7.